The smallest absolute Gasteiger partial charge is 0.264 e. The molecule has 0 fully saturated rings. The highest BCUT2D eigenvalue weighted by Crippen LogP contribution is 2.27. The van der Waals surface area contributed by atoms with Crippen LogP contribution in [-0.2, 0) is 16.6 Å². The van der Waals surface area contributed by atoms with Crippen molar-refractivity contribution in [3.8, 4) is 0 Å². The third-order valence-corrected chi connectivity index (χ3v) is 6.17. The number of hydrogen-bond acceptors (Lipinski definition) is 3. The molecule has 0 aliphatic rings. The average molecular weight is 397 g/mol. The second kappa shape index (κ2) is 7.94. The summed E-state index contributed by atoms with van der Waals surface area (Å²) in [6.45, 7) is 3.29. The minimum atomic E-state index is -3.89. The third kappa shape index (κ3) is 4.28. The Morgan fingerprint density at radius 2 is 1.61 bits per heavy atom. The van der Waals surface area contributed by atoms with Gasteiger partial charge in [0.25, 0.3) is 10.0 Å². The molecule has 0 spiro atoms. The minimum absolute atomic E-state index is 0.0343. The molecular weight excluding hydrogens is 377 g/mol. The van der Waals surface area contributed by atoms with Crippen molar-refractivity contribution in [2.24, 2.45) is 0 Å². The highest BCUT2D eigenvalue weighted by atomic mass is 32.2. The summed E-state index contributed by atoms with van der Waals surface area (Å²) in [5, 5.41) is 0. The van der Waals surface area contributed by atoms with Crippen molar-refractivity contribution >= 4 is 21.5 Å². The van der Waals surface area contributed by atoms with E-state index in [2.05, 4.69) is 0 Å². The van der Waals surface area contributed by atoms with Gasteiger partial charge in [-0.25, -0.2) is 12.8 Å². The topological polar surface area (TPSA) is 54.5 Å². The number of carbonyl (C=O) groups is 1. The molecule has 0 N–H and O–H groups in total. The number of anilines is 1. The number of Topliss-reactive ketones (excluding diaryl/α,β-unsaturated/α-hetero) is 1. The molecule has 0 unspecified atom stereocenters. The Morgan fingerprint density at radius 3 is 2.18 bits per heavy atom. The molecule has 0 saturated carbocycles. The van der Waals surface area contributed by atoms with Gasteiger partial charge in [0.2, 0.25) is 0 Å². The maximum atomic E-state index is 13.6. The second-order valence-electron chi connectivity index (χ2n) is 6.56. The van der Waals surface area contributed by atoms with Crippen molar-refractivity contribution in [1.29, 1.82) is 0 Å². The number of hydrogen-bond donors (Lipinski definition) is 0. The van der Waals surface area contributed by atoms with Gasteiger partial charge in [-0.15, -0.1) is 0 Å². The number of ketones is 1. The SMILES string of the molecule is CC(=O)c1ccc(N(Cc2cccc(F)c2)S(=O)(=O)c2ccc(C)cc2)cc1. The number of sulfonamides is 1. The molecule has 0 atom stereocenters. The molecule has 0 bridgehead atoms. The number of halogens is 1. The Kier molecular flexibility index (Phi) is 5.61. The molecule has 3 aromatic rings. The molecule has 3 aromatic carbocycles. The Morgan fingerprint density at radius 1 is 0.964 bits per heavy atom. The molecule has 144 valence electrons. The van der Waals surface area contributed by atoms with Crippen LogP contribution in [0.25, 0.3) is 0 Å². The summed E-state index contributed by atoms with van der Waals surface area (Å²) in [6, 6.07) is 18.7. The fourth-order valence-electron chi connectivity index (χ4n) is 2.82. The predicted molar refractivity (Wildman–Crippen MR) is 107 cm³/mol. The monoisotopic (exact) mass is 397 g/mol. The Hall–Kier alpha value is -2.99. The molecule has 28 heavy (non-hydrogen) atoms. The van der Waals surface area contributed by atoms with Crippen molar-refractivity contribution in [2.45, 2.75) is 25.3 Å². The van der Waals surface area contributed by atoms with Crippen molar-refractivity contribution in [3.63, 3.8) is 0 Å². The van der Waals surface area contributed by atoms with Gasteiger partial charge in [0.05, 0.1) is 17.1 Å². The highest BCUT2D eigenvalue weighted by molar-refractivity contribution is 7.92. The van der Waals surface area contributed by atoms with E-state index in [4.69, 9.17) is 0 Å². The average Bonchev–Trinajstić information content (AvgIpc) is 2.66. The van der Waals surface area contributed by atoms with Crippen LogP contribution in [-0.4, -0.2) is 14.2 Å². The van der Waals surface area contributed by atoms with E-state index in [1.54, 1.807) is 60.7 Å². The van der Waals surface area contributed by atoms with Crippen LogP contribution in [0.5, 0.6) is 0 Å². The number of nitrogens with zero attached hydrogens (tertiary/aromatic N) is 1. The van der Waals surface area contributed by atoms with E-state index in [-0.39, 0.29) is 17.2 Å². The maximum Gasteiger partial charge on any atom is 0.264 e. The second-order valence-corrected chi connectivity index (χ2v) is 8.42. The zero-order chi connectivity index (χ0) is 20.3. The summed E-state index contributed by atoms with van der Waals surface area (Å²) in [7, 11) is -3.89. The van der Waals surface area contributed by atoms with Gasteiger partial charge in [-0.3, -0.25) is 9.10 Å². The Labute approximate surface area is 164 Å². The summed E-state index contributed by atoms with van der Waals surface area (Å²) < 4.78 is 41.5. The molecule has 3 rings (SSSR count). The van der Waals surface area contributed by atoms with Gasteiger partial charge in [0, 0.05) is 5.56 Å². The Balaban J connectivity index is 2.07. The number of rotatable bonds is 6. The van der Waals surface area contributed by atoms with E-state index in [1.807, 2.05) is 6.92 Å². The molecule has 0 heterocycles. The molecule has 6 heteroatoms. The van der Waals surface area contributed by atoms with Crippen LogP contribution in [0.3, 0.4) is 0 Å². The van der Waals surface area contributed by atoms with E-state index in [0.29, 0.717) is 16.8 Å². The standard InChI is InChI=1S/C22H20FNO3S/c1-16-6-12-22(13-7-16)28(26,27)24(15-18-4-3-5-20(23)14-18)21-10-8-19(9-11-21)17(2)25/h3-14H,15H2,1-2H3. The summed E-state index contributed by atoms with van der Waals surface area (Å²) in [5.41, 5.74) is 2.35. The third-order valence-electron chi connectivity index (χ3n) is 4.39. The summed E-state index contributed by atoms with van der Waals surface area (Å²) >= 11 is 0. The first kappa shape index (κ1) is 19.8. The molecule has 0 aromatic heterocycles. The largest absolute Gasteiger partial charge is 0.295 e. The lowest BCUT2D eigenvalue weighted by atomic mass is 10.1. The first-order valence-electron chi connectivity index (χ1n) is 8.72. The van der Waals surface area contributed by atoms with Crippen LogP contribution in [0.4, 0.5) is 10.1 Å². The van der Waals surface area contributed by atoms with Crippen molar-refractivity contribution in [3.05, 3.63) is 95.3 Å². The van der Waals surface area contributed by atoms with E-state index in [9.17, 15) is 17.6 Å². The van der Waals surface area contributed by atoms with Gasteiger partial charge in [0.15, 0.2) is 5.78 Å². The van der Waals surface area contributed by atoms with E-state index in [0.717, 1.165) is 5.56 Å². The molecule has 0 saturated heterocycles. The van der Waals surface area contributed by atoms with E-state index >= 15 is 0 Å². The molecule has 0 aliphatic heterocycles. The highest BCUT2D eigenvalue weighted by Gasteiger charge is 2.25. The van der Waals surface area contributed by atoms with Gasteiger partial charge in [0.1, 0.15) is 5.82 Å². The number of benzene rings is 3. The van der Waals surface area contributed by atoms with Crippen molar-refractivity contribution in [2.75, 3.05) is 4.31 Å². The van der Waals surface area contributed by atoms with Crippen molar-refractivity contribution < 1.29 is 17.6 Å². The summed E-state index contributed by atoms with van der Waals surface area (Å²) in [6.07, 6.45) is 0. The lowest BCUT2D eigenvalue weighted by molar-refractivity contribution is 0.101. The van der Waals surface area contributed by atoms with Crippen LogP contribution < -0.4 is 4.31 Å². The number of aryl methyl sites for hydroxylation is 1. The zero-order valence-corrected chi connectivity index (χ0v) is 16.4. The van der Waals surface area contributed by atoms with E-state index in [1.165, 1.54) is 23.4 Å². The van der Waals surface area contributed by atoms with Crippen LogP contribution in [0.1, 0.15) is 28.4 Å². The van der Waals surface area contributed by atoms with Gasteiger partial charge < -0.3 is 0 Å². The van der Waals surface area contributed by atoms with E-state index < -0.39 is 15.8 Å². The lowest BCUT2D eigenvalue weighted by Crippen LogP contribution is -2.30. The normalized spacial score (nSPS) is 11.2. The number of carbonyl (C=O) groups excluding carboxylic acids is 1. The fourth-order valence-corrected chi connectivity index (χ4v) is 4.27. The molecule has 0 aliphatic carbocycles. The van der Waals surface area contributed by atoms with Crippen LogP contribution in [0, 0.1) is 12.7 Å². The Bertz CT molecular complexity index is 1090. The van der Waals surface area contributed by atoms with Crippen molar-refractivity contribution in [1.82, 2.24) is 0 Å². The van der Waals surface area contributed by atoms with Gasteiger partial charge in [-0.05, 0) is 67.9 Å². The van der Waals surface area contributed by atoms with Gasteiger partial charge >= 0.3 is 0 Å². The quantitative estimate of drug-likeness (QED) is 0.565. The van der Waals surface area contributed by atoms with Crippen LogP contribution in [0.2, 0.25) is 0 Å². The van der Waals surface area contributed by atoms with Crippen LogP contribution in [0.15, 0.2) is 77.7 Å². The molecule has 0 radical (unpaired) electrons. The fraction of sp³-hybridized carbons (Fsp3) is 0.136. The van der Waals surface area contributed by atoms with Gasteiger partial charge in [-0.1, -0.05) is 29.8 Å². The predicted octanol–water partition coefficient (Wildman–Crippen LogP) is 4.73. The first-order valence-corrected chi connectivity index (χ1v) is 10.2. The lowest BCUT2D eigenvalue weighted by Gasteiger charge is -2.25. The maximum absolute atomic E-state index is 13.6. The first-order chi connectivity index (χ1) is 13.3. The molecular formula is C22H20FNO3S. The summed E-state index contributed by atoms with van der Waals surface area (Å²) in [4.78, 5) is 11.7. The molecule has 0 amide bonds. The van der Waals surface area contributed by atoms with Crippen LogP contribution >= 0.6 is 0 Å². The summed E-state index contributed by atoms with van der Waals surface area (Å²) in [5.74, 6) is -0.540. The zero-order valence-electron chi connectivity index (χ0n) is 15.6. The van der Waals surface area contributed by atoms with Gasteiger partial charge in [-0.2, -0.15) is 0 Å². The molecule has 4 nitrogen and oxygen atoms in total. The minimum Gasteiger partial charge on any atom is -0.295 e.